The zero-order valence-corrected chi connectivity index (χ0v) is 8.96. The minimum Gasteiger partial charge on any atom is -0.298 e. The first-order chi connectivity index (χ1) is 7.64. The maximum absolute atomic E-state index is 12.0. The average Bonchev–Trinajstić information content (AvgIpc) is 2.79. The molecule has 16 heavy (non-hydrogen) atoms. The number of nitrogens with zero attached hydrogens (tertiary/aromatic N) is 2. The molecule has 0 N–H and O–H groups in total. The molecule has 0 unspecified atom stereocenters. The molecule has 0 fully saturated rings. The molecule has 0 saturated heterocycles. The van der Waals surface area contributed by atoms with Crippen LogP contribution in [0.3, 0.4) is 0 Å². The molecule has 0 aromatic carbocycles. The van der Waals surface area contributed by atoms with E-state index in [2.05, 4.69) is 4.98 Å². The van der Waals surface area contributed by atoms with Gasteiger partial charge in [-0.25, -0.2) is 12.4 Å². The van der Waals surface area contributed by atoms with E-state index >= 15 is 0 Å². The van der Waals surface area contributed by atoms with Crippen molar-refractivity contribution in [2.45, 2.75) is 4.90 Å². The van der Waals surface area contributed by atoms with Gasteiger partial charge < -0.3 is 0 Å². The van der Waals surface area contributed by atoms with Crippen molar-refractivity contribution >= 4 is 16.3 Å². The van der Waals surface area contributed by atoms with E-state index in [0.717, 1.165) is 3.97 Å². The first kappa shape index (κ1) is 10.6. The molecule has 5 nitrogen and oxygen atoms in total. The van der Waals surface area contributed by atoms with Gasteiger partial charge in [0, 0.05) is 30.4 Å². The fourth-order valence-electron chi connectivity index (χ4n) is 1.23. The van der Waals surface area contributed by atoms with Crippen molar-refractivity contribution in [2.24, 2.45) is 0 Å². The Morgan fingerprint density at radius 1 is 1.31 bits per heavy atom. The molecule has 2 rings (SSSR count). The molecule has 0 bridgehead atoms. The number of hydrogen-bond donors (Lipinski definition) is 0. The number of carbonyl (C=O) groups excluding carboxylic acids is 1. The maximum Gasteiger partial charge on any atom is 0.269 e. The Balaban J connectivity index is 2.51. The largest absolute Gasteiger partial charge is 0.298 e. The van der Waals surface area contributed by atoms with Gasteiger partial charge in [-0.05, 0) is 18.2 Å². The van der Waals surface area contributed by atoms with Crippen molar-refractivity contribution in [1.29, 1.82) is 0 Å². The summed E-state index contributed by atoms with van der Waals surface area (Å²) < 4.78 is 24.9. The van der Waals surface area contributed by atoms with E-state index < -0.39 is 10.0 Å². The van der Waals surface area contributed by atoms with Crippen LogP contribution in [-0.4, -0.2) is 23.7 Å². The number of carbonyl (C=O) groups is 1. The summed E-state index contributed by atoms with van der Waals surface area (Å²) in [6, 6.07) is 4.42. The Morgan fingerprint density at radius 3 is 2.69 bits per heavy atom. The predicted octanol–water partition coefficient (Wildman–Crippen LogP) is 0.933. The van der Waals surface area contributed by atoms with Gasteiger partial charge in [0.1, 0.15) is 4.90 Å². The van der Waals surface area contributed by atoms with Crippen molar-refractivity contribution in [1.82, 2.24) is 8.96 Å². The fraction of sp³-hybridized carbons (Fsp3) is 0. The molecule has 2 aromatic heterocycles. The summed E-state index contributed by atoms with van der Waals surface area (Å²) in [4.78, 5) is 14.3. The number of hydrogen-bond acceptors (Lipinski definition) is 4. The van der Waals surface area contributed by atoms with E-state index in [4.69, 9.17) is 0 Å². The fourth-order valence-corrected chi connectivity index (χ4v) is 2.40. The summed E-state index contributed by atoms with van der Waals surface area (Å²) in [5.74, 6) is 0. The molecule has 0 aliphatic carbocycles. The van der Waals surface area contributed by atoms with E-state index in [0.29, 0.717) is 11.8 Å². The topological polar surface area (TPSA) is 69.0 Å². The van der Waals surface area contributed by atoms with E-state index in [1.165, 1.54) is 43.0 Å². The van der Waals surface area contributed by atoms with Crippen LogP contribution in [0.2, 0.25) is 0 Å². The van der Waals surface area contributed by atoms with Crippen molar-refractivity contribution in [3.05, 3.63) is 48.5 Å². The van der Waals surface area contributed by atoms with Gasteiger partial charge >= 0.3 is 0 Å². The molecule has 0 amide bonds. The van der Waals surface area contributed by atoms with Crippen LogP contribution >= 0.6 is 0 Å². The first-order valence-electron chi connectivity index (χ1n) is 4.43. The second-order valence-electron chi connectivity index (χ2n) is 3.09. The zero-order valence-electron chi connectivity index (χ0n) is 8.15. The van der Waals surface area contributed by atoms with Gasteiger partial charge in [-0.1, -0.05) is 0 Å². The van der Waals surface area contributed by atoms with Gasteiger partial charge in [0.25, 0.3) is 10.0 Å². The van der Waals surface area contributed by atoms with Crippen molar-refractivity contribution in [3.63, 3.8) is 0 Å². The van der Waals surface area contributed by atoms with Gasteiger partial charge in [0.2, 0.25) is 0 Å². The third-order valence-corrected chi connectivity index (χ3v) is 3.66. The Morgan fingerprint density at radius 2 is 2.12 bits per heavy atom. The van der Waals surface area contributed by atoms with Crippen LogP contribution in [0, 0.1) is 0 Å². The molecule has 0 atom stereocenters. The summed E-state index contributed by atoms with van der Waals surface area (Å²) in [5, 5.41) is 0. The van der Waals surface area contributed by atoms with E-state index in [1.807, 2.05) is 0 Å². The van der Waals surface area contributed by atoms with Gasteiger partial charge in [0.15, 0.2) is 6.29 Å². The summed E-state index contributed by atoms with van der Waals surface area (Å²) >= 11 is 0. The highest BCUT2D eigenvalue weighted by Crippen LogP contribution is 2.12. The minimum absolute atomic E-state index is 0.0862. The van der Waals surface area contributed by atoms with Crippen molar-refractivity contribution in [2.75, 3.05) is 0 Å². The van der Waals surface area contributed by atoms with E-state index in [9.17, 15) is 13.2 Å². The molecule has 2 aromatic rings. The molecular formula is C10H8N2O3S. The van der Waals surface area contributed by atoms with Crippen LogP contribution in [-0.2, 0) is 10.0 Å². The number of rotatable bonds is 3. The summed E-state index contributed by atoms with van der Waals surface area (Å²) in [6.45, 7) is 0. The highest BCUT2D eigenvalue weighted by atomic mass is 32.2. The molecule has 0 radical (unpaired) electrons. The maximum atomic E-state index is 12.0. The summed E-state index contributed by atoms with van der Waals surface area (Å²) in [6.07, 6.45) is 5.93. The summed E-state index contributed by atoms with van der Waals surface area (Å²) in [7, 11) is -3.63. The van der Waals surface area contributed by atoms with Crippen molar-refractivity contribution in [3.8, 4) is 0 Å². The van der Waals surface area contributed by atoms with Gasteiger partial charge in [0.05, 0.1) is 0 Å². The predicted molar refractivity (Wildman–Crippen MR) is 56.6 cm³/mol. The normalized spacial score (nSPS) is 11.2. The Bertz CT molecular complexity index is 602. The quantitative estimate of drug-likeness (QED) is 0.743. The van der Waals surface area contributed by atoms with E-state index in [-0.39, 0.29) is 4.90 Å². The van der Waals surface area contributed by atoms with Crippen LogP contribution in [0.4, 0.5) is 0 Å². The molecule has 0 aliphatic heterocycles. The summed E-state index contributed by atoms with van der Waals surface area (Å²) in [5.41, 5.74) is 0.312. The molecule has 6 heteroatoms. The number of pyridine rings is 1. The molecule has 0 spiro atoms. The van der Waals surface area contributed by atoms with Crippen LogP contribution in [0.25, 0.3) is 0 Å². The second kappa shape index (κ2) is 3.90. The van der Waals surface area contributed by atoms with Gasteiger partial charge in [-0.2, -0.15) is 0 Å². The lowest BCUT2D eigenvalue weighted by molar-refractivity contribution is 0.112. The van der Waals surface area contributed by atoms with Crippen LogP contribution in [0.5, 0.6) is 0 Å². The molecular weight excluding hydrogens is 228 g/mol. The highest BCUT2D eigenvalue weighted by molar-refractivity contribution is 7.90. The lowest BCUT2D eigenvalue weighted by Crippen LogP contribution is -2.10. The third-order valence-electron chi connectivity index (χ3n) is 2.04. The third kappa shape index (κ3) is 1.74. The molecule has 82 valence electrons. The monoisotopic (exact) mass is 236 g/mol. The lowest BCUT2D eigenvalue weighted by atomic mass is 10.4. The SMILES string of the molecule is O=Cc1ccn(S(=O)(=O)c2cccnc2)c1. The average molecular weight is 236 g/mol. The Labute approximate surface area is 92.4 Å². The number of aldehydes is 1. The molecule has 0 aliphatic rings. The van der Waals surface area contributed by atoms with Crippen LogP contribution in [0.15, 0.2) is 47.9 Å². The van der Waals surface area contributed by atoms with E-state index in [1.54, 1.807) is 0 Å². The standard InChI is InChI=1S/C10H8N2O3S/c13-8-9-3-5-12(7-9)16(14,15)10-2-1-4-11-6-10/h1-8H. The van der Waals surface area contributed by atoms with Crippen molar-refractivity contribution < 1.29 is 13.2 Å². The Kier molecular flexibility index (Phi) is 2.57. The second-order valence-corrected chi connectivity index (χ2v) is 4.93. The van der Waals surface area contributed by atoms with Gasteiger partial charge in [-0.3, -0.25) is 9.78 Å². The van der Waals surface area contributed by atoms with Gasteiger partial charge in [-0.15, -0.1) is 0 Å². The Hall–Kier alpha value is -1.95. The minimum atomic E-state index is -3.63. The molecule has 2 heterocycles. The lowest BCUT2D eigenvalue weighted by Gasteiger charge is -2.03. The smallest absolute Gasteiger partial charge is 0.269 e. The van der Waals surface area contributed by atoms with Crippen LogP contribution in [0.1, 0.15) is 10.4 Å². The highest BCUT2D eigenvalue weighted by Gasteiger charge is 2.16. The zero-order chi connectivity index (χ0) is 11.6. The van der Waals surface area contributed by atoms with Crippen LogP contribution < -0.4 is 0 Å². The first-order valence-corrected chi connectivity index (χ1v) is 5.87. The molecule has 0 saturated carbocycles. The number of aromatic nitrogens is 2.